The number of halogens is 2. The number of hydrogen-bond acceptors (Lipinski definition) is 2. The highest BCUT2D eigenvalue weighted by Gasteiger charge is 2.16. The van der Waals surface area contributed by atoms with E-state index in [9.17, 15) is 8.78 Å². The SMILES string of the molecule is FC(F)c1c(S)ccc2[nH]cnc12. The van der Waals surface area contributed by atoms with Crippen LogP contribution in [0.15, 0.2) is 23.4 Å². The maximum atomic E-state index is 12.5. The second-order valence-corrected chi connectivity index (χ2v) is 3.08. The summed E-state index contributed by atoms with van der Waals surface area (Å²) >= 11 is 3.95. The van der Waals surface area contributed by atoms with E-state index in [0.717, 1.165) is 0 Å². The first-order valence-electron chi connectivity index (χ1n) is 3.63. The van der Waals surface area contributed by atoms with Gasteiger partial charge in [-0.3, -0.25) is 0 Å². The number of H-pyrrole nitrogens is 1. The van der Waals surface area contributed by atoms with Crippen molar-refractivity contribution in [2.45, 2.75) is 11.3 Å². The van der Waals surface area contributed by atoms with Crippen LogP contribution in [-0.4, -0.2) is 9.97 Å². The molecule has 0 spiro atoms. The normalized spacial score (nSPS) is 11.4. The average molecular weight is 200 g/mol. The lowest BCUT2D eigenvalue weighted by molar-refractivity contribution is 0.150. The zero-order valence-electron chi connectivity index (χ0n) is 6.46. The monoisotopic (exact) mass is 200 g/mol. The first-order valence-corrected chi connectivity index (χ1v) is 4.08. The highest BCUT2D eigenvalue weighted by Crippen LogP contribution is 2.31. The fourth-order valence-corrected chi connectivity index (χ4v) is 1.51. The maximum absolute atomic E-state index is 12.5. The fraction of sp³-hybridized carbons (Fsp3) is 0.125. The third-order valence-electron chi connectivity index (χ3n) is 1.83. The summed E-state index contributed by atoms with van der Waals surface area (Å²) in [6, 6.07) is 3.21. The Hall–Kier alpha value is -1.10. The average Bonchev–Trinajstić information content (AvgIpc) is 2.50. The number of fused-ring (bicyclic) bond motifs is 1. The van der Waals surface area contributed by atoms with Gasteiger partial charge in [0.1, 0.15) is 0 Å². The van der Waals surface area contributed by atoms with Gasteiger partial charge in [-0.25, -0.2) is 13.8 Å². The van der Waals surface area contributed by atoms with Crippen molar-refractivity contribution in [3.05, 3.63) is 24.0 Å². The van der Waals surface area contributed by atoms with Gasteiger partial charge in [0, 0.05) is 4.90 Å². The van der Waals surface area contributed by atoms with E-state index < -0.39 is 6.43 Å². The van der Waals surface area contributed by atoms with Crippen LogP contribution in [0.3, 0.4) is 0 Å². The molecule has 0 amide bonds. The molecule has 1 N–H and O–H groups in total. The van der Waals surface area contributed by atoms with Crippen LogP contribution in [0.5, 0.6) is 0 Å². The van der Waals surface area contributed by atoms with E-state index in [1.165, 1.54) is 12.4 Å². The summed E-state index contributed by atoms with van der Waals surface area (Å²) in [7, 11) is 0. The summed E-state index contributed by atoms with van der Waals surface area (Å²) in [5.74, 6) is 0. The summed E-state index contributed by atoms with van der Waals surface area (Å²) in [6.45, 7) is 0. The number of imidazole rings is 1. The van der Waals surface area contributed by atoms with Crippen molar-refractivity contribution >= 4 is 23.7 Å². The molecule has 13 heavy (non-hydrogen) atoms. The molecule has 0 atom stereocenters. The molecule has 0 saturated heterocycles. The number of alkyl halides is 2. The van der Waals surface area contributed by atoms with Crippen LogP contribution < -0.4 is 0 Å². The second-order valence-electron chi connectivity index (χ2n) is 2.60. The van der Waals surface area contributed by atoms with Gasteiger partial charge in [-0.05, 0) is 12.1 Å². The minimum absolute atomic E-state index is 0.109. The van der Waals surface area contributed by atoms with Gasteiger partial charge in [-0.2, -0.15) is 0 Å². The molecule has 1 aromatic carbocycles. The summed E-state index contributed by atoms with van der Waals surface area (Å²) in [5, 5.41) is 0. The Labute approximate surface area is 78.4 Å². The summed E-state index contributed by atoms with van der Waals surface area (Å²) in [5.41, 5.74) is 0.790. The van der Waals surface area contributed by atoms with E-state index in [1.807, 2.05) is 0 Å². The van der Waals surface area contributed by atoms with Gasteiger partial charge < -0.3 is 4.98 Å². The van der Waals surface area contributed by atoms with Crippen LogP contribution in [0.1, 0.15) is 12.0 Å². The first kappa shape index (κ1) is 8.50. The van der Waals surface area contributed by atoms with Crippen LogP contribution in [0.4, 0.5) is 8.78 Å². The topological polar surface area (TPSA) is 28.7 Å². The lowest BCUT2D eigenvalue weighted by Gasteiger charge is -2.03. The number of rotatable bonds is 1. The smallest absolute Gasteiger partial charge is 0.267 e. The van der Waals surface area contributed by atoms with Crippen molar-refractivity contribution in [3.63, 3.8) is 0 Å². The van der Waals surface area contributed by atoms with Crippen molar-refractivity contribution < 1.29 is 8.78 Å². The van der Waals surface area contributed by atoms with E-state index in [0.29, 0.717) is 11.0 Å². The van der Waals surface area contributed by atoms with Crippen molar-refractivity contribution in [2.24, 2.45) is 0 Å². The number of nitrogens with zero attached hydrogens (tertiary/aromatic N) is 1. The Bertz CT molecular complexity index is 439. The van der Waals surface area contributed by atoms with Gasteiger partial charge >= 0.3 is 0 Å². The van der Waals surface area contributed by atoms with Gasteiger partial charge in [-0.15, -0.1) is 12.6 Å². The number of thiol groups is 1. The predicted octanol–water partition coefficient (Wildman–Crippen LogP) is 2.79. The molecular weight excluding hydrogens is 194 g/mol. The van der Waals surface area contributed by atoms with Crippen LogP contribution in [0.2, 0.25) is 0 Å². The van der Waals surface area contributed by atoms with E-state index in [2.05, 4.69) is 22.6 Å². The van der Waals surface area contributed by atoms with Crippen molar-refractivity contribution in [1.29, 1.82) is 0 Å². The Morgan fingerprint density at radius 3 is 2.85 bits per heavy atom. The van der Waals surface area contributed by atoms with Crippen LogP contribution in [-0.2, 0) is 0 Å². The van der Waals surface area contributed by atoms with Crippen molar-refractivity contribution in [1.82, 2.24) is 9.97 Å². The third-order valence-corrected chi connectivity index (χ3v) is 2.22. The number of aromatic nitrogens is 2. The molecule has 0 aliphatic heterocycles. The molecule has 0 unspecified atom stereocenters. The molecular formula is C8H6F2N2S. The molecule has 0 bridgehead atoms. The zero-order chi connectivity index (χ0) is 9.42. The third kappa shape index (κ3) is 1.29. The number of nitrogens with one attached hydrogen (secondary N) is 1. The molecule has 2 aromatic rings. The minimum Gasteiger partial charge on any atom is -0.345 e. The van der Waals surface area contributed by atoms with E-state index in [1.54, 1.807) is 6.07 Å². The molecule has 0 aliphatic carbocycles. The second kappa shape index (κ2) is 2.99. The molecule has 2 rings (SSSR count). The molecule has 0 aliphatic rings. The van der Waals surface area contributed by atoms with Crippen molar-refractivity contribution in [2.75, 3.05) is 0 Å². The Balaban J connectivity index is 2.80. The minimum atomic E-state index is -2.54. The zero-order valence-corrected chi connectivity index (χ0v) is 7.35. The largest absolute Gasteiger partial charge is 0.345 e. The summed E-state index contributed by atoms with van der Waals surface area (Å²) < 4.78 is 25.1. The maximum Gasteiger partial charge on any atom is 0.267 e. The molecule has 0 fully saturated rings. The Morgan fingerprint density at radius 1 is 1.38 bits per heavy atom. The lowest BCUT2D eigenvalue weighted by Crippen LogP contribution is -1.88. The van der Waals surface area contributed by atoms with Gasteiger partial charge in [0.05, 0.1) is 22.9 Å². The first-order chi connectivity index (χ1) is 6.20. The molecule has 1 heterocycles. The van der Waals surface area contributed by atoms with Crippen LogP contribution >= 0.6 is 12.6 Å². The van der Waals surface area contributed by atoms with E-state index in [-0.39, 0.29) is 10.5 Å². The number of benzene rings is 1. The van der Waals surface area contributed by atoms with E-state index >= 15 is 0 Å². The molecule has 0 saturated carbocycles. The van der Waals surface area contributed by atoms with Crippen LogP contribution in [0, 0.1) is 0 Å². The quantitative estimate of drug-likeness (QED) is 0.681. The number of hydrogen-bond donors (Lipinski definition) is 2. The Morgan fingerprint density at radius 2 is 2.15 bits per heavy atom. The lowest BCUT2D eigenvalue weighted by atomic mass is 10.2. The molecule has 68 valence electrons. The van der Waals surface area contributed by atoms with E-state index in [4.69, 9.17) is 0 Å². The number of aromatic amines is 1. The highest BCUT2D eigenvalue weighted by molar-refractivity contribution is 7.80. The Kier molecular flexibility index (Phi) is 1.95. The van der Waals surface area contributed by atoms with Gasteiger partial charge in [0.15, 0.2) is 0 Å². The standard InChI is InChI=1S/C8H6F2N2S/c9-8(10)6-5(13)2-1-4-7(6)12-3-11-4/h1-3,8,13H,(H,11,12). The van der Waals surface area contributed by atoms with Crippen molar-refractivity contribution in [3.8, 4) is 0 Å². The summed E-state index contributed by atoms with van der Waals surface area (Å²) in [4.78, 5) is 6.85. The molecule has 1 aromatic heterocycles. The molecule has 5 heteroatoms. The fourth-order valence-electron chi connectivity index (χ4n) is 1.23. The van der Waals surface area contributed by atoms with Gasteiger partial charge in [-0.1, -0.05) is 0 Å². The predicted molar refractivity (Wildman–Crippen MR) is 48.3 cm³/mol. The van der Waals surface area contributed by atoms with Gasteiger partial charge in [0.2, 0.25) is 0 Å². The summed E-state index contributed by atoms with van der Waals surface area (Å²) in [6.07, 6.45) is -1.15. The molecule has 0 radical (unpaired) electrons. The highest BCUT2D eigenvalue weighted by atomic mass is 32.1. The molecule has 2 nitrogen and oxygen atoms in total. The van der Waals surface area contributed by atoms with Crippen LogP contribution in [0.25, 0.3) is 11.0 Å². The van der Waals surface area contributed by atoms with Gasteiger partial charge in [0.25, 0.3) is 6.43 Å².